The zero-order valence-electron chi connectivity index (χ0n) is 19.0. The number of benzene rings is 2. The van der Waals surface area contributed by atoms with Crippen molar-refractivity contribution in [3.05, 3.63) is 65.2 Å². The van der Waals surface area contributed by atoms with E-state index in [1.807, 2.05) is 54.7 Å². The molecule has 4 heterocycles. The van der Waals surface area contributed by atoms with Gasteiger partial charge >= 0.3 is 0 Å². The average Bonchev–Trinajstić information content (AvgIpc) is 3.54. The molecule has 0 aliphatic carbocycles. The van der Waals surface area contributed by atoms with Crippen molar-refractivity contribution in [1.82, 2.24) is 14.7 Å². The monoisotopic (exact) mass is 539 g/mol. The summed E-state index contributed by atoms with van der Waals surface area (Å²) >= 11 is 6.67. The molecule has 0 saturated carbocycles. The summed E-state index contributed by atoms with van der Waals surface area (Å²) in [4.78, 5) is 15.2. The highest BCUT2D eigenvalue weighted by molar-refractivity contribution is 8.26. The van der Waals surface area contributed by atoms with E-state index in [2.05, 4.69) is 0 Å². The van der Waals surface area contributed by atoms with Crippen molar-refractivity contribution >= 4 is 50.1 Å². The van der Waals surface area contributed by atoms with Gasteiger partial charge in [0.2, 0.25) is 0 Å². The molecule has 2 fully saturated rings. The summed E-state index contributed by atoms with van der Waals surface area (Å²) in [5.41, 5.74) is 3.09. The summed E-state index contributed by atoms with van der Waals surface area (Å²) in [5, 5.41) is 4.83. The lowest BCUT2D eigenvalue weighted by Crippen LogP contribution is -2.39. The smallest absolute Gasteiger partial charge is 0.266 e. The van der Waals surface area contributed by atoms with Crippen molar-refractivity contribution in [2.24, 2.45) is 0 Å². The molecule has 1 atom stereocenters. The standard InChI is InChI=1S/C25H21N3O5S3/c29-24-22(35-25(34)28(24)19-8-11-36(30,31)15-19)13-17-14-27(18-4-2-1-3-5-18)26-23(17)16-6-7-20-21(12-16)33-10-9-32-20/h1-7,12-14,19H,8-11,15H2. The van der Waals surface area contributed by atoms with Crippen molar-refractivity contribution in [2.75, 3.05) is 24.7 Å². The van der Waals surface area contributed by atoms with E-state index in [-0.39, 0.29) is 17.4 Å². The van der Waals surface area contributed by atoms with Gasteiger partial charge in [0.1, 0.15) is 23.2 Å². The Balaban J connectivity index is 1.40. The highest BCUT2D eigenvalue weighted by Gasteiger charge is 2.42. The minimum atomic E-state index is -3.15. The minimum Gasteiger partial charge on any atom is -0.486 e. The first-order chi connectivity index (χ1) is 17.4. The highest BCUT2D eigenvalue weighted by atomic mass is 32.2. The molecule has 0 bridgehead atoms. The number of carbonyl (C=O) groups excluding carboxylic acids is 1. The number of aromatic nitrogens is 2. The number of thioether (sulfide) groups is 1. The largest absolute Gasteiger partial charge is 0.486 e. The molecule has 6 rings (SSSR count). The van der Waals surface area contributed by atoms with Gasteiger partial charge in [-0.2, -0.15) is 5.10 Å². The Morgan fingerprint density at radius 1 is 1.08 bits per heavy atom. The lowest BCUT2D eigenvalue weighted by Gasteiger charge is -2.20. The summed E-state index contributed by atoms with van der Waals surface area (Å²) in [6.07, 6.45) is 4.05. The van der Waals surface area contributed by atoms with Crippen LogP contribution in [0, 0.1) is 0 Å². The Morgan fingerprint density at radius 3 is 2.61 bits per heavy atom. The number of thiocarbonyl (C=S) groups is 1. The van der Waals surface area contributed by atoms with Crippen LogP contribution >= 0.6 is 24.0 Å². The number of sulfone groups is 1. The van der Waals surface area contributed by atoms with Gasteiger partial charge in [-0.1, -0.05) is 42.2 Å². The van der Waals surface area contributed by atoms with Crippen molar-refractivity contribution in [2.45, 2.75) is 12.5 Å². The number of para-hydroxylation sites is 1. The van der Waals surface area contributed by atoms with E-state index < -0.39 is 15.9 Å². The SMILES string of the molecule is O=C1C(=Cc2cn(-c3ccccc3)nc2-c2ccc3c(c2)OCCO3)SC(=S)N1C1CCS(=O)(=O)C1. The second-order valence-corrected chi connectivity index (χ2v) is 12.6. The Bertz CT molecular complexity index is 1510. The molecule has 36 heavy (non-hydrogen) atoms. The molecule has 184 valence electrons. The van der Waals surface area contributed by atoms with Crippen LogP contribution in [0.3, 0.4) is 0 Å². The van der Waals surface area contributed by atoms with Crippen LogP contribution in [0.1, 0.15) is 12.0 Å². The number of hydrogen-bond acceptors (Lipinski definition) is 8. The van der Waals surface area contributed by atoms with E-state index in [0.29, 0.717) is 46.1 Å². The van der Waals surface area contributed by atoms with E-state index in [1.165, 1.54) is 16.7 Å². The first-order valence-electron chi connectivity index (χ1n) is 11.4. The van der Waals surface area contributed by atoms with Crippen LogP contribution in [0.4, 0.5) is 0 Å². The molecule has 1 aromatic heterocycles. The van der Waals surface area contributed by atoms with Gasteiger partial charge < -0.3 is 9.47 Å². The molecule has 2 saturated heterocycles. The molecule has 1 unspecified atom stereocenters. The quantitative estimate of drug-likeness (QED) is 0.366. The fourth-order valence-electron chi connectivity index (χ4n) is 4.54. The number of amides is 1. The van der Waals surface area contributed by atoms with Gasteiger partial charge in [0.25, 0.3) is 5.91 Å². The van der Waals surface area contributed by atoms with E-state index in [9.17, 15) is 13.2 Å². The molecule has 3 aliphatic rings. The highest BCUT2D eigenvalue weighted by Crippen LogP contribution is 2.39. The predicted molar refractivity (Wildman–Crippen MR) is 142 cm³/mol. The van der Waals surface area contributed by atoms with Crippen LogP contribution in [-0.2, 0) is 14.6 Å². The van der Waals surface area contributed by atoms with Gasteiger partial charge in [-0.3, -0.25) is 9.69 Å². The minimum absolute atomic E-state index is 0.0545. The van der Waals surface area contributed by atoms with Gasteiger partial charge in [-0.25, -0.2) is 13.1 Å². The number of ether oxygens (including phenoxy) is 2. The second-order valence-electron chi connectivity index (χ2n) is 8.68. The fraction of sp³-hybridized carbons (Fsp3) is 0.240. The summed E-state index contributed by atoms with van der Waals surface area (Å²) in [5.74, 6) is 1.08. The van der Waals surface area contributed by atoms with Crippen LogP contribution in [0.25, 0.3) is 23.0 Å². The van der Waals surface area contributed by atoms with Crippen LogP contribution in [-0.4, -0.2) is 64.1 Å². The van der Waals surface area contributed by atoms with E-state index in [1.54, 1.807) is 10.8 Å². The van der Waals surface area contributed by atoms with Gasteiger partial charge in [0.15, 0.2) is 21.3 Å². The Labute approximate surface area is 217 Å². The fourth-order valence-corrected chi connectivity index (χ4v) is 7.63. The summed E-state index contributed by atoms with van der Waals surface area (Å²) in [6, 6.07) is 14.9. The van der Waals surface area contributed by atoms with Gasteiger partial charge in [-0.05, 0) is 42.8 Å². The van der Waals surface area contributed by atoms with Crippen molar-refractivity contribution in [3.63, 3.8) is 0 Å². The Morgan fingerprint density at radius 2 is 1.86 bits per heavy atom. The van der Waals surface area contributed by atoms with Crippen LogP contribution in [0.2, 0.25) is 0 Å². The van der Waals surface area contributed by atoms with Crippen molar-refractivity contribution in [3.8, 4) is 28.4 Å². The topological polar surface area (TPSA) is 90.7 Å². The van der Waals surface area contributed by atoms with Crippen LogP contribution in [0.15, 0.2) is 59.6 Å². The number of nitrogens with zero attached hydrogens (tertiary/aromatic N) is 3. The van der Waals surface area contributed by atoms with E-state index in [4.69, 9.17) is 26.8 Å². The lowest BCUT2D eigenvalue weighted by atomic mass is 10.1. The third kappa shape index (κ3) is 4.31. The maximum absolute atomic E-state index is 13.3. The number of rotatable bonds is 4. The zero-order chi connectivity index (χ0) is 24.9. The van der Waals surface area contributed by atoms with Gasteiger partial charge in [0, 0.05) is 17.3 Å². The molecule has 8 nitrogen and oxygen atoms in total. The second kappa shape index (κ2) is 9.06. The summed E-state index contributed by atoms with van der Waals surface area (Å²) in [7, 11) is -3.15. The summed E-state index contributed by atoms with van der Waals surface area (Å²) in [6.45, 7) is 0.978. The molecular weight excluding hydrogens is 518 g/mol. The third-order valence-electron chi connectivity index (χ3n) is 6.26. The normalized spacial score (nSPS) is 21.9. The van der Waals surface area contributed by atoms with E-state index >= 15 is 0 Å². The zero-order valence-corrected chi connectivity index (χ0v) is 21.4. The molecule has 11 heteroatoms. The summed E-state index contributed by atoms with van der Waals surface area (Å²) < 4.78 is 37.5. The first-order valence-corrected chi connectivity index (χ1v) is 14.5. The Hall–Kier alpha value is -3.15. The molecule has 3 aromatic rings. The number of fused-ring (bicyclic) bond motifs is 1. The first kappa shape index (κ1) is 23.3. The molecule has 0 radical (unpaired) electrons. The van der Waals surface area contributed by atoms with Crippen molar-refractivity contribution in [1.29, 1.82) is 0 Å². The Kier molecular flexibility index (Phi) is 5.85. The van der Waals surface area contributed by atoms with Gasteiger partial charge in [0.05, 0.1) is 28.1 Å². The maximum atomic E-state index is 13.3. The van der Waals surface area contributed by atoms with Crippen LogP contribution in [0.5, 0.6) is 11.5 Å². The van der Waals surface area contributed by atoms with E-state index in [0.717, 1.165) is 16.8 Å². The predicted octanol–water partition coefficient (Wildman–Crippen LogP) is 3.70. The maximum Gasteiger partial charge on any atom is 0.266 e. The lowest BCUT2D eigenvalue weighted by molar-refractivity contribution is -0.123. The molecule has 3 aliphatic heterocycles. The third-order valence-corrected chi connectivity index (χ3v) is 9.34. The molecular formula is C25H21N3O5S3. The molecule has 2 aromatic carbocycles. The average molecular weight is 540 g/mol. The number of hydrogen-bond donors (Lipinski definition) is 0. The number of carbonyl (C=O) groups is 1. The molecule has 0 spiro atoms. The molecule has 0 N–H and O–H groups in total. The van der Waals surface area contributed by atoms with Crippen molar-refractivity contribution < 1.29 is 22.7 Å². The van der Waals surface area contributed by atoms with Gasteiger partial charge in [-0.15, -0.1) is 0 Å². The van der Waals surface area contributed by atoms with Crippen LogP contribution < -0.4 is 9.47 Å². The molecule has 1 amide bonds.